The summed E-state index contributed by atoms with van der Waals surface area (Å²) >= 11 is 0. The molecule has 0 radical (unpaired) electrons. The molecule has 0 unspecified atom stereocenters. The van der Waals surface area contributed by atoms with Crippen molar-refractivity contribution < 1.29 is 4.39 Å². The van der Waals surface area contributed by atoms with Gasteiger partial charge in [-0.25, -0.2) is 9.37 Å². The van der Waals surface area contributed by atoms with E-state index in [1.54, 1.807) is 18.3 Å². The van der Waals surface area contributed by atoms with Crippen molar-refractivity contribution >= 4 is 5.82 Å². The molecule has 0 N–H and O–H groups in total. The Balaban J connectivity index is 2.40. The number of halogens is 1. The minimum absolute atomic E-state index is 0.217. The van der Waals surface area contributed by atoms with Crippen molar-refractivity contribution in [1.82, 2.24) is 4.98 Å². The number of nitrogens with zero attached hydrogens (tertiary/aromatic N) is 2. The summed E-state index contributed by atoms with van der Waals surface area (Å²) in [5, 5.41) is 0. The second-order valence-corrected chi connectivity index (χ2v) is 3.80. The van der Waals surface area contributed by atoms with Gasteiger partial charge in [-0.05, 0) is 35.4 Å². The molecule has 2 nitrogen and oxygen atoms in total. The van der Waals surface area contributed by atoms with Crippen LogP contribution in [0.1, 0.15) is 0 Å². The molecular weight excluding hydrogens is 203 g/mol. The van der Waals surface area contributed by atoms with Crippen LogP contribution in [-0.4, -0.2) is 19.1 Å². The van der Waals surface area contributed by atoms with E-state index in [2.05, 4.69) is 4.98 Å². The van der Waals surface area contributed by atoms with Crippen LogP contribution >= 0.6 is 0 Å². The lowest BCUT2D eigenvalue weighted by molar-refractivity contribution is 0.628. The Morgan fingerprint density at radius 1 is 1.00 bits per heavy atom. The van der Waals surface area contributed by atoms with Crippen LogP contribution in [0.5, 0.6) is 0 Å². The molecule has 1 aromatic carbocycles. The van der Waals surface area contributed by atoms with E-state index < -0.39 is 0 Å². The second kappa shape index (κ2) is 4.31. The van der Waals surface area contributed by atoms with Gasteiger partial charge in [0.1, 0.15) is 11.6 Å². The van der Waals surface area contributed by atoms with Crippen molar-refractivity contribution in [2.24, 2.45) is 0 Å². The Morgan fingerprint density at radius 3 is 2.31 bits per heavy atom. The molecule has 0 spiro atoms. The smallest absolute Gasteiger partial charge is 0.128 e. The van der Waals surface area contributed by atoms with Gasteiger partial charge < -0.3 is 4.90 Å². The summed E-state index contributed by atoms with van der Waals surface area (Å²) in [5.41, 5.74) is 2.03. The van der Waals surface area contributed by atoms with E-state index in [4.69, 9.17) is 0 Å². The normalized spacial score (nSPS) is 10.2. The quantitative estimate of drug-likeness (QED) is 0.767. The van der Waals surface area contributed by atoms with Gasteiger partial charge in [0.25, 0.3) is 0 Å². The fourth-order valence-electron chi connectivity index (χ4n) is 1.48. The fourth-order valence-corrected chi connectivity index (χ4v) is 1.48. The average molecular weight is 216 g/mol. The predicted molar refractivity (Wildman–Crippen MR) is 64.0 cm³/mol. The molecule has 0 amide bonds. The predicted octanol–water partition coefficient (Wildman–Crippen LogP) is 2.95. The SMILES string of the molecule is CN(C)c1cc(-c2ccc(F)cc2)ccn1. The minimum atomic E-state index is -0.217. The first kappa shape index (κ1) is 10.6. The monoisotopic (exact) mass is 216 g/mol. The highest BCUT2D eigenvalue weighted by Gasteiger charge is 2.01. The van der Waals surface area contributed by atoms with Crippen molar-refractivity contribution in [1.29, 1.82) is 0 Å². The summed E-state index contributed by atoms with van der Waals surface area (Å²) in [5.74, 6) is 0.674. The third-order valence-electron chi connectivity index (χ3n) is 2.38. The van der Waals surface area contributed by atoms with Crippen LogP contribution in [-0.2, 0) is 0 Å². The van der Waals surface area contributed by atoms with E-state index in [9.17, 15) is 4.39 Å². The van der Waals surface area contributed by atoms with Crippen LogP contribution in [0.15, 0.2) is 42.6 Å². The number of hydrogen-bond acceptors (Lipinski definition) is 2. The highest BCUT2D eigenvalue weighted by Crippen LogP contribution is 2.22. The van der Waals surface area contributed by atoms with Crippen molar-refractivity contribution in [3.63, 3.8) is 0 Å². The summed E-state index contributed by atoms with van der Waals surface area (Å²) in [7, 11) is 3.88. The van der Waals surface area contributed by atoms with E-state index in [1.165, 1.54) is 12.1 Å². The van der Waals surface area contributed by atoms with E-state index >= 15 is 0 Å². The number of anilines is 1. The number of rotatable bonds is 2. The van der Waals surface area contributed by atoms with Gasteiger partial charge in [0.15, 0.2) is 0 Å². The van der Waals surface area contributed by atoms with E-state index in [0.717, 1.165) is 16.9 Å². The molecule has 0 atom stereocenters. The van der Waals surface area contributed by atoms with Crippen LogP contribution in [0, 0.1) is 5.82 Å². The van der Waals surface area contributed by atoms with Gasteiger partial charge in [0, 0.05) is 20.3 Å². The van der Waals surface area contributed by atoms with Gasteiger partial charge in [0.2, 0.25) is 0 Å². The molecule has 2 aromatic rings. The molecule has 1 heterocycles. The molecule has 0 aliphatic carbocycles. The van der Waals surface area contributed by atoms with Gasteiger partial charge in [0.05, 0.1) is 0 Å². The lowest BCUT2D eigenvalue weighted by Gasteiger charge is -2.12. The highest BCUT2D eigenvalue weighted by molar-refractivity contribution is 5.66. The standard InChI is InChI=1S/C13H13FN2/c1-16(2)13-9-11(7-8-15-13)10-3-5-12(14)6-4-10/h3-9H,1-2H3. The van der Waals surface area contributed by atoms with E-state index in [-0.39, 0.29) is 5.82 Å². The van der Waals surface area contributed by atoms with Gasteiger partial charge in [-0.2, -0.15) is 0 Å². The van der Waals surface area contributed by atoms with Gasteiger partial charge >= 0.3 is 0 Å². The molecule has 0 aliphatic rings. The Kier molecular flexibility index (Phi) is 2.86. The maximum atomic E-state index is 12.8. The number of hydrogen-bond donors (Lipinski definition) is 0. The largest absolute Gasteiger partial charge is 0.363 e. The molecule has 16 heavy (non-hydrogen) atoms. The molecule has 0 saturated carbocycles. The van der Waals surface area contributed by atoms with E-state index in [0.29, 0.717) is 0 Å². The van der Waals surface area contributed by atoms with Crippen LogP contribution in [0.25, 0.3) is 11.1 Å². The van der Waals surface area contributed by atoms with Crippen LogP contribution in [0.3, 0.4) is 0 Å². The Labute approximate surface area is 94.4 Å². The van der Waals surface area contributed by atoms with Crippen LogP contribution in [0.2, 0.25) is 0 Å². The van der Waals surface area contributed by atoms with Crippen molar-refractivity contribution in [2.45, 2.75) is 0 Å². The third kappa shape index (κ3) is 2.19. The third-order valence-corrected chi connectivity index (χ3v) is 2.38. The van der Waals surface area contributed by atoms with Crippen LogP contribution in [0.4, 0.5) is 10.2 Å². The topological polar surface area (TPSA) is 16.1 Å². The first-order valence-electron chi connectivity index (χ1n) is 5.06. The number of pyridine rings is 1. The summed E-state index contributed by atoms with van der Waals surface area (Å²) < 4.78 is 12.8. The Morgan fingerprint density at radius 2 is 1.69 bits per heavy atom. The van der Waals surface area contributed by atoms with Crippen molar-refractivity contribution in [3.05, 3.63) is 48.4 Å². The van der Waals surface area contributed by atoms with Crippen molar-refractivity contribution in [2.75, 3.05) is 19.0 Å². The molecule has 0 fully saturated rings. The summed E-state index contributed by atoms with van der Waals surface area (Å²) in [6.07, 6.45) is 1.76. The number of benzene rings is 1. The van der Waals surface area contributed by atoms with Gasteiger partial charge in [-0.15, -0.1) is 0 Å². The summed E-state index contributed by atoms with van der Waals surface area (Å²) in [4.78, 5) is 6.17. The molecule has 0 bridgehead atoms. The zero-order valence-corrected chi connectivity index (χ0v) is 9.31. The second-order valence-electron chi connectivity index (χ2n) is 3.80. The summed E-state index contributed by atoms with van der Waals surface area (Å²) in [6.45, 7) is 0. The molecular formula is C13H13FN2. The molecule has 0 saturated heterocycles. The lowest BCUT2D eigenvalue weighted by atomic mass is 10.1. The molecule has 82 valence electrons. The van der Waals surface area contributed by atoms with Gasteiger partial charge in [-0.3, -0.25) is 0 Å². The average Bonchev–Trinajstić information content (AvgIpc) is 2.30. The van der Waals surface area contributed by atoms with Gasteiger partial charge in [-0.1, -0.05) is 12.1 Å². The highest BCUT2D eigenvalue weighted by atomic mass is 19.1. The summed E-state index contributed by atoms with van der Waals surface area (Å²) in [6, 6.07) is 10.4. The number of aromatic nitrogens is 1. The molecule has 3 heteroatoms. The lowest BCUT2D eigenvalue weighted by Crippen LogP contribution is -2.10. The fraction of sp³-hybridized carbons (Fsp3) is 0.154. The Bertz CT molecular complexity index is 478. The zero-order valence-electron chi connectivity index (χ0n) is 9.31. The maximum absolute atomic E-state index is 12.8. The maximum Gasteiger partial charge on any atom is 0.128 e. The molecule has 0 aliphatic heterocycles. The molecule has 1 aromatic heterocycles. The first-order valence-corrected chi connectivity index (χ1v) is 5.06. The molecule has 2 rings (SSSR count). The first-order chi connectivity index (χ1) is 7.66. The van der Waals surface area contributed by atoms with E-state index in [1.807, 2.05) is 31.1 Å². The Hall–Kier alpha value is -1.90. The van der Waals surface area contributed by atoms with Crippen LogP contribution < -0.4 is 4.90 Å². The zero-order chi connectivity index (χ0) is 11.5. The van der Waals surface area contributed by atoms with Crippen molar-refractivity contribution in [3.8, 4) is 11.1 Å². The minimum Gasteiger partial charge on any atom is -0.363 e.